The molecule has 1 fully saturated rings. The molecule has 1 aromatic rings. The zero-order chi connectivity index (χ0) is 13.7. The Morgan fingerprint density at radius 2 is 2.11 bits per heavy atom. The molecule has 0 bridgehead atoms. The van der Waals surface area contributed by atoms with E-state index < -0.39 is 0 Å². The van der Waals surface area contributed by atoms with Crippen LogP contribution in [0.25, 0.3) is 0 Å². The Labute approximate surface area is 115 Å². The second-order valence-corrected chi connectivity index (χ2v) is 5.11. The lowest BCUT2D eigenvalue weighted by atomic mass is 10.3. The van der Waals surface area contributed by atoms with Crippen LogP contribution < -0.4 is 11.1 Å². The predicted octanol–water partition coefficient (Wildman–Crippen LogP) is 2.47. The first-order valence-corrected chi connectivity index (χ1v) is 7.18. The molecule has 0 atom stereocenters. The molecule has 0 radical (unpaired) electrons. The standard InChI is InChI=1S/C14H24N4O/c1-3-4-8-19-9-7-16-13-10(2)12(15)17-14(18-13)11-5-6-11/h11H,3-9H2,1-2H3,(H3,15,16,17,18). The molecule has 0 spiro atoms. The highest BCUT2D eigenvalue weighted by atomic mass is 16.5. The fourth-order valence-electron chi connectivity index (χ4n) is 1.84. The van der Waals surface area contributed by atoms with Crippen molar-refractivity contribution in [1.82, 2.24) is 9.97 Å². The van der Waals surface area contributed by atoms with Gasteiger partial charge in [0.25, 0.3) is 0 Å². The minimum atomic E-state index is 0.518. The van der Waals surface area contributed by atoms with Gasteiger partial charge in [0.15, 0.2) is 0 Å². The molecule has 5 heteroatoms. The van der Waals surface area contributed by atoms with Crippen molar-refractivity contribution in [2.24, 2.45) is 0 Å². The number of nitrogens with one attached hydrogen (secondary N) is 1. The Bertz CT molecular complexity index is 418. The number of hydrogen-bond donors (Lipinski definition) is 2. The molecule has 0 amide bonds. The predicted molar refractivity (Wildman–Crippen MR) is 77.4 cm³/mol. The number of hydrogen-bond acceptors (Lipinski definition) is 5. The molecular formula is C14H24N4O. The van der Waals surface area contributed by atoms with E-state index in [-0.39, 0.29) is 0 Å². The van der Waals surface area contributed by atoms with Gasteiger partial charge in [0.2, 0.25) is 0 Å². The highest BCUT2D eigenvalue weighted by Gasteiger charge is 2.27. The molecule has 0 aliphatic heterocycles. The summed E-state index contributed by atoms with van der Waals surface area (Å²) in [6.07, 6.45) is 4.65. The number of rotatable bonds is 8. The average Bonchev–Trinajstić information content (AvgIpc) is 3.22. The topological polar surface area (TPSA) is 73.1 Å². The Balaban J connectivity index is 1.84. The summed E-state index contributed by atoms with van der Waals surface area (Å²) in [6, 6.07) is 0. The van der Waals surface area contributed by atoms with Crippen molar-refractivity contribution < 1.29 is 4.74 Å². The highest BCUT2D eigenvalue weighted by molar-refractivity contribution is 5.55. The summed E-state index contributed by atoms with van der Waals surface area (Å²) in [5.41, 5.74) is 6.86. The second-order valence-electron chi connectivity index (χ2n) is 5.11. The summed E-state index contributed by atoms with van der Waals surface area (Å²) in [7, 11) is 0. The number of ether oxygens (including phenoxy) is 1. The van der Waals surface area contributed by atoms with E-state index in [1.807, 2.05) is 6.92 Å². The molecule has 0 saturated heterocycles. The lowest BCUT2D eigenvalue weighted by Crippen LogP contribution is -2.14. The van der Waals surface area contributed by atoms with Gasteiger partial charge in [-0.2, -0.15) is 0 Å². The van der Waals surface area contributed by atoms with E-state index in [1.54, 1.807) is 0 Å². The summed E-state index contributed by atoms with van der Waals surface area (Å²) in [5, 5.41) is 3.30. The maximum absolute atomic E-state index is 5.93. The van der Waals surface area contributed by atoms with Crippen LogP contribution in [-0.4, -0.2) is 29.7 Å². The molecule has 3 N–H and O–H groups in total. The summed E-state index contributed by atoms with van der Waals surface area (Å²) in [4.78, 5) is 8.93. The van der Waals surface area contributed by atoms with Gasteiger partial charge in [0, 0.05) is 24.6 Å². The molecule has 1 aromatic heterocycles. The first-order chi connectivity index (χ1) is 9.22. The molecule has 0 unspecified atom stereocenters. The SMILES string of the molecule is CCCCOCCNc1nc(C2CC2)nc(N)c1C. The van der Waals surface area contributed by atoms with Crippen molar-refractivity contribution >= 4 is 11.6 Å². The van der Waals surface area contributed by atoms with Crippen LogP contribution in [0.1, 0.15) is 49.9 Å². The lowest BCUT2D eigenvalue weighted by molar-refractivity contribution is 0.141. The van der Waals surface area contributed by atoms with Gasteiger partial charge >= 0.3 is 0 Å². The maximum atomic E-state index is 5.93. The zero-order valence-electron chi connectivity index (χ0n) is 11.9. The monoisotopic (exact) mass is 264 g/mol. The van der Waals surface area contributed by atoms with E-state index in [0.29, 0.717) is 18.3 Å². The largest absolute Gasteiger partial charge is 0.383 e. The van der Waals surface area contributed by atoms with Gasteiger partial charge in [0.05, 0.1) is 6.61 Å². The first kappa shape index (κ1) is 14.1. The number of nitrogen functional groups attached to an aromatic ring is 1. The van der Waals surface area contributed by atoms with Crippen LogP contribution in [0.4, 0.5) is 11.6 Å². The number of unbranched alkanes of at least 4 members (excludes halogenated alkanes) is 1. The van der Waals surface area contributed by atoms with Crippen LogP contribution in [0.15, 0.2) is 0 Å². The summed E-state index contributed by atoms with van der Waals surface area (Å²) in [6.45, 7) is 6.39. The van der Waals surface area contributed by atoms with Crippen LogP contribution in [0.2, 0.25) is 0 Å². The number of anilines is 2. The van der Waals surface area contributed by atoms with Crippen molar-refractivity contribution in [3.05, 3.63) is 11.4 Å². The first-order valence-electron chi connectivity index (χ1n) is 7.18. The molecule has 2 rings (SSSR count). The van der Waals surface area contributed by atoms with Gasteiger partial charge in [-0.3, -0.25) is 0 Å². The third-order valence-corrected chi connectivity index (χ3v) is 3.32. The molecule has 1 aliphatic carbocycles. The van der Waals surface area contributed by atoms with Gasteiger partial charge in [-0.05, 0) is 26.2 Å². The Hall–Kier alpha value is -1.36. The van der Waals surface area contributed by atoms with Gasteiger partial charge in [-0.1, -0.05) is 13.3 Å². The third-order valence-electron chi connectivity index (χ3n) is 3.32. The summed E-state index contributed by atoms with van der Waals surface area (Å²) in [5.74, 6) is 2.85. The quantitative estimate of drug-likeness (QED) is 0.706. The lowest BCUT2D eigenvalue weighted by Gasteiger charge is -2.12. The molecule has 5 nitrogen and oxygen atoms in total. The molecule has 1 heterocycles. The molecule has 1 saturated carbocycles. The average molecular weight is 264 g/mol. The minimum absolute atomic E-state index is 0.518. The molecule has 19 heavy (non-hydrogen) atoms. The van der Waals surface area contributed by atoms with Gasteiger partial charge in [-0.15, -0.1) is 0 Å². The van der Waals surface area contributed by atoms with Gasteiger partial charge in [-0.25, -0.2) is 9.97 Å². The van der Waals surface area contributed by atoms with Gasteiger partial charge in [0.1, 0.15) is 17.5 Å². The van der Waals surface area contributed by atoms with Crippen molar-refractivity contribution in [2.45, 2.75) is 45.4 Å². The maximum Gasteiger partial charge on any atom is 0.136 e. The van der Waals surface area contributed by atoms with E-state index in [2.05, 4.69) is 22.2 Å². The number of nitrogens with zero attached hydrogens (tertiary/aromatic N) is 2. The van der Waals surface area contributed by atoms with E-state index in [0.717, 1.165) is 36.8 Å². The second kappa shape index (κ2) is 6.70. The minimum Gasteiger partial charge on any atom is -0.383 e. The van der Waals surface area contributed by atoms with Crippen molar-refractivity contribution in [3.63, 3.8) is 0 Å². The fraction of sp³-hybridized carbons (Fsp3) is 0.714. The molecule has 106 valence electrons. The normalized spacial score (nSPS) is 14.6. The summed E-state index contributed by atoms with van der Waals surface area (Å²) >= 11 is 0. The van der Waals surface area contributed by atoms with Crippen molar-refractivity contribution in [1.29, 1.82) is 0 Å². The Morgan fingerprint density at radius 3 is 2.79 bits per heavy atom. The zero-order valence-corrected chi connectivity index (χ0v) is 11.9. The summed E-state index contributed by atoms with van der Waals surface area (Å²) < 4.78 is 5.52. The van der Waals surface area contributed by atoms with Crippen molar-refractivity contribution in [2.75, 3.05) is 30.8 Å². The fourth-order valence-corrected chi connectivity index (χ4v) is 1.84. The molecule has 0 aromatic carbocycles. The van der Waals surface area contributed by atoms with Gasteiger partial charge < -0.3 is 15.8 Å². The van der Waals surface area contributed by atoms with Crippen LogP contribution in [-0.2, 0) is 4.74 Å². The van der Waals surface area contributed by atoms with E-state index >= 15 is 0 Å². The smallest absolute Gasteiger partial charge is 0.136 e. The Morgan fingerprint density at radius 1 is 1.32 bits per heavy atom. The van der Waals surface area contributed by atoms with Crippen LogP contribution >= 0.6 is 0 Å². The molecule has 1 aliphatic rings. The van der Waals surface area contributed by atoms with Crippen LogP contribution in [0.5, 0.6) is 0 Å². The number of nitrogens with two attached hydrogens (primary N) is 1. The van der Waals surface area contributed by atoms with Crippen molar-refractivity contribution in [3.8, 4) is 0 Å². The van der Waals surface area contributed by atoms with Crippen LogP contribution in [0, 0.1) is 6.92 Å². The molecular weight excluding hydrogens is 240 g/mol. The van der Waals surface area contributed by atoms with E-state index in [4.69, 9.17) is 10.5 Å². The van der Waals surface area contributed by atoms with Crippen LogP contribution in [0.3, 0.4) is 0 Å². The number of aromatic nitrogens is 2. The van der Waals surface area contributed by atoms with E-state index in [9.17, 15) is 0 Å². The Kier molecular flexibility index (Phi) is 4.96. The highest BCUT2D eigenvalue weighted by Crippen LogP contribution is 2.39. The van der Waals surface area contributed by atoms with E-state index in [1.165, 1.54) is 19.3 Å². The third kappa shape index (κ3) is 4.06.